The Morgan fingerprint density at radius 2 is 1.79 bits per heavy atom. The first kappa shape index (κ1) is 15.8. The van der Waals surface area contributed by atoms with E-state index in [4.69, 9.17) is 14.2 Å². The van der Waals surface area contributed by atoms with Gasteiger partial charge in [0.1, 0.15) is 0 Å². The smallest absolute Gasteiger partial charge is 0.363 e. The van der Waals surface area contributed by atoms with Crippen molar-refractivity contribution in [1.29, 1.82) is 0 Å². The second kappa shape index (κ2) is 7.00. The van der Waals surface area contributed by atoms with Crippen LogP contribution >= 0.6 is 0 Å². The molecular formula is C19H17NO4. The minimum absolute atomic E-state index is 0.302. The van der Waals surface area contributed by atoms with Gasteiger partial charge in [-0.2, -0.15) is 0 Å². The van der Waals surface area contributed by atoms with Gasteiger partial charge in [-0.15, -0.1) is 0 Å². The predicted octanol–water partition coefficient (Wildman–Crippen LogP) is 3.24. The number of esters is 1. The van der Waals surface area contributed by atoms with Crippen LogP contribution in [0.1, 0.15) is 11.1 Å². The highest BCUT2D eigenvalue weighted by atomic mass is 16.6. The standard InChI is InChI=1S/C19H17NO4/c1-22-16-9-8-14(11-17(16)23-2)12-18-20-15(19(21)24-18)10-13-6-4-3-5-7-13/h3-11H,12H2,1-2H3/b15-10+. The summed E-state index contributed by atoms with van der Waals surface area (Å²) in [6, 6.07) is 15.1. The molecule has 0 spiro atoms. The van der Waals surface area contributed by atoms with E-state index in [0.29, 0.717) is 29.5 Å². The maximum atomic E-state index is 12.0. The lowest BCUT2D eigenvalue weighted by Gasteiger charge is -2.09. The number of hydrogen-bond donors (Lipinski definition) is 0. The third-order valence-electron chi connectivity index (χ3n) is 3.57. The fourth-order valence-corrected chi connectivity index (χ4v) is 2.40. The van der Waals surface area contributed by atoms with E-state index in [0.717, 1.165) is 11.1 Å². The van der Waals surface area contributed by atoms with Crippen LogP contribution < -0.4 is 9.47 Å². The number of carbonyl (C=O) groups excluding carboxylic acids is 1. The van der Waals surface area contributed by atoms with Crippen molar-refractivity contribution >= 4 is 17.9 Å². The van der Waals surface area contributed by atoms with E-state index in [-0.39, 0.29) is 0 Å². The number of methoxy groups -OCH3 is 2. The van der Waals surface area contributed by atoms with Gasteiger partial charge in [0.25, 0.3) is 0 Å². The second-order valence-corrected chi connectivity index (χ2v) is 5.20. The first-order chi connectivity index (χ1) is 11.7. The van der Waals surface area contributed by atoms with Crippen LogP contribution in [0.5, 0.6) is 11.5 Å². The Balaban J connectivity index is 1.80. The van der Waals surface area contributed by atoms with Crippen molar-refractivity contribution in [1.82, 2.24) is 0 Å². The van der Waals surface area contributed by atoms with Crippen molar-refractivity contribution in [3.05, 3.63) is 65.4 Å². The predicted molar refractivity (Wildman–Crippen MR) is 91.2 cm³/mol. The molecule has 5 heteroatoms. The lowest BCUT2D eigenvalue weighted by molar-refractivity contribution is -0.130. The van der Waals surface area contributed by atoms with Gasteiger partial charge in [-0.3, -0.25) is 0 Å². The number of carbonyl (C=O) groups is 1. The summed E-state index contributed by atoms with van der Waals surface area (Å²) in [7, 11) is 3.16. The number of rotatable bonds is 5. The molecule has 0 radical (unpaired) electrons. The van der Waals surface area contributed by atoms with Crippen LogP contribution in [0.25, 0.3) is 6.08 Å². The molecule has 1 heterocycles. The largest absolute Gasteiger partial charge is 0.493 e. The number of benzene rings is 2. The topological polar surface area (TPSA) is 57.1 Å². The van der Waals surface area contributed by atoms with Crippen LogP contribution in [-0.4, -0.2) is 26.1 Å². The van der Waals surface area contributed by atoms with Crippen LogP contribution in [-0.2, 0) is 16.0 Å². The molecule has 0 amide bonds. The van der Waals surface area contributed by atoms with Crippen molar-refractivity contribution in [2.75, 3.05) is 14.2 Å². The van der Waals surface area contributed by atoms with E-state index in [1.807, 2.05) is 48.5 Å². The van der Waals surface area contributed by atoms with Gasteiger partial charge in [-0.1, -0.05) is 36.4 Å². The highest BCUT2D eigenvalue weighted by Gasteiger charge is 2.23. The molecule has 1 aliphatic heterocycles. The maximum Gasteiger partial charge on any atom is 0.363 e. The van der Waals surface area contributed by atoms with Crippen LogP contribution in [0.3, 0.4) is 0 Å². The van der Waals surface area contributed by atoms with E-state index in [2.05, 4.69) is 4.99 Å². The van der Waals surface area contributed by atoms with Gasteiger partial charge >= 0.3 is 5.97 Å². The molecule has 2 aromatic carbocycles. The normalized spacial score (nSPS) is 15.2. The molecular weight excluding hydrogens is 306 g/mol. The van der Waals surface area contributed by atoms with Crippen molar-refractivity contribution in [3.8, 4) is 11.5 Å². The highest BCUT2D eigenvalue weighted by Crippen LogP contribution is 2.28. The van der Waals surface area contributed by atoms with E-state index in [9.17, 15) is 4.79 Å². The lowest BCUT2D eigenvalue weighted by atomic mass is 10.1. The van der Waals surface area contributed by atoms with E-state index in [1.165, 1.54) is 0 Å². The molecule has 122 valence electrons. The SMILES string of the molecule is COc1ccc(CC2=N/C(=C/c3ccccc3)C(=O)O2)cc1OC. The van der Waals surface area contributed by atoms with Gasteiger partial charge in [0.05, 0.1) is 14.2 Å². The van der Waals surface area contributed by atoms with Crippen LogP contribution in [0, 0.1) is 0 Å². The van der Waals surface area contributed by atoms with E-state index >= 15 is 0 Å². The van der Waals surface area contributed by atoms with Crippen molar-refractivity contribution < 1.29 is 19.0 Å². The van der Waals surface area contributed by atoms with Crippen molar-refractivity contribution in [2.45, 2.75) is 6.42 Å². The number of cyclic esters (lactones) is 1. The fourth-order valence-electron chi connectivity index (χ4n) is 2.40. The molecule has 0 fully saturated rings. The van der Waals surface area contributed by atoms with Gasteiger partial charge in [-0.25, -0.2) is 9.79 Å². The average Bonchev–Trinajstić information content (AvgIpc) is 2.94. The first-order valence-corrected chi connectivity index (χ1v) is 7.47. The molecule has 0 unspecified atom stereocenters. The molecule has 0 N–H and O–H groups in total. The van der Waals surface area contributed by atoms with Crippen LogP contribution in [0.2, 0.25) is 0 Å². The zero-order chi connectivity index (χ0) is 16.9. The van der Waals surface area contributed by atoms with E-state index < -0.39 is 5.97 Å². The van der Waals surface area contributed by atoms with E-state index in [1.54, 1.807) is 20.3 Å². The Morgan fingerprint density at radius 3 is 2.50 bits per heavy atom. The average molecular weight is 323 g/mol. The molecule has 24 heavy (non-hydrogen) atoms. The van der Waals surface area contributed by atoms with Gasteiger partial charge in [0, 0.05) is 6.42 Å². The molecule has 0 aliphatic carbocycles. The van der Waals surface area contributed by atoms with Gasteiger partial charge in [0.2, 0.25) is 5.90 Å². The summed E-state index contributed by atoms with van der Waals surface area (Å²) in [5, 5.41) is 0. The molecule has 0 saturated heterocycles. The minimum atomic E-state index is -0.436. The molecule has 0 bridgehead atoms. The maximum absolute atomic E-state index is 12.0. The summed E-state index contributed by atoms with van der Waals surface area (Å²) in [6.07, 6.45) is 2.11. The van der Waals surface area contributed by atoms with Crippen molar-refractivity contribution in [3.63, 3.8) is 0 Å². The lowest BCUT2D eigenvalue weighted by Crippen LogP contribution is -2.07. The summed E-state index contributed by atoms with van der Waals surface area (Å²) in [5.41, 5.74) is 2.12. The molecule has 0 saturated carbocycles. The molecule has 3 rings (SSSR count). The number of aliphatic imine (C=N–C) groups is 1. The quantitative estimate of drug-likeness (QED) is 0.626. The highest BCUT2D eigenvalue weighted by molar-refractivity contribution is 6.07. The molecule has 0 atom stereocenters. The Bertz CT molecular complexity index is 809. The number of nitrogens with zero attached hydrogens (tertiary/aromatic N) is 1. The summed E-state index contributed by atoms with van der Waals surface area (Å²) in [4.78, 5) is 16.2. The molecule has 2 aromatic rings. The summed E-state index contributed by atoms with van der Waals surface area (Å²) in [5.74, 6) is 1.21. The van der Waals surface area contributed by atoms with Gasteiger partial charge in [0.15, 0.2) is 17.2 Å². The molecule has 1 aliphatic rings. The Morgan fingerprint density at radius 1 is 1.04 bits per heavy atom. The Labute approximate surface area is 140 Å². The minimum Gasteiger partial charge on any atom is -0.493 e. The number of hydrogen-bond acceptors (Lipinski definition) is 5. The Kier molecular flexibility index (Phi) is 4.61. The van der Waals surface area contributed by atoms with Gasteiger partial charge in [-0.05, 0) is 29.3 Å². The first-order valence-electron chi connectivity index (χ1n) is 7.47. The van der Waals surface area contributed by atoms with Crippen LogP contribution in [0.15, 0.2) is 59.2 Å². The summed E-state index contributed by atoms with van der Waals surface area (Å²) >= 11 is 0. The van der Waals surface area contributed by atoms with Gasteiger partial charge < -0.3 is 14.2 Å². The van der Waals surface area contributed by atoms with Crippen molar-refractivity contribution in [2.24, 2.45) is 4.99 Å². The third-order valence-corrected chi connectivity index (χ3v) is 3.57. The molecule has 0 aromatic heterocycles. The second-order valence-electron chi connectivity index (χ2n) is 5.20. The zero-order valence-electron chi connectivity index (χ0n) is 13.5. The summed E-state index contributed by atoms with van der Waals surface area (Å²) < 4.78 is 15.7. The molecule has 5 nitrogen and oxygen atoms in total. The Hall–Kier alpha value is -3.08. The summed E-state index contributed by atoms with van der Waals surface area (Å²) in [6.45, 7) is 0. The van der Waals surface area contributed by atoms with Crippen LogP contribution in [0.4, 0.5) is 0 Å². The monoisotopic (exact) mass is 323 g/mol. The fraction of sp³-hybridized carbons (Fsp3) is 0.158. The third kappa shape index (κ3) is 3.46. The number of ether oxygens (including phenoxy) is 3. The zero-order valence-corrected chi connectivity index (χ0v) is 13.5.